The summed E-state index contributed by atoms with van der Waals surface area (Å²) in [6, 6.07) is -0.327. The van der Waals surface area contributed by atoms with Crippen molar-refractivity contribution in [3.8, 4) is 0 Å². The molecule has 0 aromatic rings. The average molecular weight is 155 g/mol. The minimum atomic E-state index is -0.327. The van der Waals surface area contributed by atoms with Crippen LogP contribution < -0.4 is 0 Å². The molecule has 1 aliphatic carbocycles. The Labute approximate surface area is 66.3 Å². The number of hydrogen-bond donors (Lipinski definition) is 0. The van der Waals surface area contributed by atoms with E-state index in [9.17, 15) is 10.1 Å². The summed E-state index contributed by atoms with van der Waals surface area (Å²) in [5, 5.41) is 10.4. The summed E-state index contributed by atoms with van der Waals surface area (Å²) in [5.74, 6) is 0. The zero-order valence-corrected chi connectivity index (χ0v) is 6.53. The molecule has 0 spiro atoms. The first-order valence-corrected chi connectivity index (χ1v) is 4.09. The average Bonchev–Trinajstić information content (AvgIpc) is 1.84. The van der Waals surface area contributed by atoms with E-state index in [-0.39, 0.29) is 11.0 Å². The molecule has 0 aromatic heterocycles. The Morgan fingerprint density at radius 1 is 1.36 bits per heavy atom. The molecule has 0 amide bonds. The quantitative estimate of drug-likeness (QED) is 0.331. The Hall–Kier alpha value is -0.860. The largest absolute Gasteiger partial charge is 0.264 e. The van der Waals surface area contributed by atoms with E-state index in [2.05, 4.69) is 6.08 Å². The summed E-state index contributed by atoms with van der Waals surface area (Å²) in [6.45, 7) is 0. The zero-order valence-electron chi connectivity index (χ0n) is 6.53. The van der Waals surface area contributed by atoms with Gasteiger partial charge in [0.2, 0.25) is 6.04 Å². The molecule has 0 aromatic carbocycles. The molecule has 0 saturated carbocycles. The van der Waals surface area contributed by atoms with Crippen LogP contribution in [0.4, 0.5) is 0 Å². The first kappa shape index (κ1) is 8.24. The van der Waals surface area contributed by atoms with E-state index >= 15 is 0 Å². The van der Waals surface area contributed by atoms with Gasteiger partial charge in [0.1, 0.15) is 0 Å². The van der Waals surface area contributed by atoms with Gasteiger partial charge in [0, 0.05) is 17.8 Å². The van der Waals surface area contributed by atoms with Crippen LogP contribution in [-0.4, -0.2) is 11.0 Å². The van der Waals surface area contributed by atoms with Crippen LogP contribution in [0.1, 0.15) is 32.1 Å². The van der Waals surface area contributed by atoms with Crippen LogP contribution in [0.25, 0.3) is 0 Å². The van der Waals surface area contributed by atoms with Crippen molar-refractivity contribution in [1.82, 2.24) is 0 Å². The fourth-order valence-corrected chi connectivity index (χ4v) is 1.32. The second kappa shape index (κ2) is 4.11. The predicted octanol–water partition coefficient (Wildman–Crippen LogP) is 2.15. The fraction of sp³-hybridized carbons (Fsp3) is 0.750. The standard InChI is InChI=1S/C8H13NO2/c10-9(11)8-6-4-2-1-3-5-7-8/h2,4,8H,1,3,5-7H2. The second-order valence-corrected chi connectivity index (χ2v) is 2.93. The van der Waals surface area contributed by atoms with Gasteiger partial charge in [0.05, 0.1) is 0 Å². The van der Waals surface area contributed by atoms with Crippen molar-refractivity contribution in [3.63, 3.8) is 0 Å². The number of nitrogens with zero attached hydrogens (tertiary/aromatic N) is 1. The minimum Gasteiger partial charge on any atom is -0.264 e. The van der Waals surface area contributed by atoms with E-state index in [0.29, 0.717) is 6.42 Å². The molecule has 3 heteroatoms. The molecule has 11 heavy (non-hydrogen) atoms. The Kier molecular flexibility index (Phi) is 3.08. The maximum atomic E-state index is 10.4. The molecule has 62 valence electrons. The van der Waals surface area contributed by atoms with Crippen LogP contribution in [0, 0.1) is 10.1 Å². The van der Waals surface area contributed by atoms with E-state index in [4.69, 9.17) is 0 Å². The van der Waals surface area contributed by atoms with Gasteiger partial charge < -0.3 is 0 Å². The Balaban J connectivity index is 2.45. The highest BCUT2D eigenvalue weighted by Gasteiger charge is 2.17. The SMILES string of the molecule is O=[N+]([O-])C1CC=CCCCC1. The highest BCUT2D eigenvalue weighted by molar-refractivity contribution is 4.86. The lowest BCUT2D eigenvalue weighted by atomic mass is 10.0. The number of hydrogen-bond acceptors (Lipinski definition) is 2. The predicted molar refractivity (Wildman–Crippen MR) is 43.0 cm³/mol. The van der Waals surface area contributed by atoms with Gasteiger partial charge in [-0.05, 0) is 19.3 Å². The van der Waals surface area contributed by atoms with Crippen LogP contribution in [0.3, 0.4) is 0 Å². The lowest BCUT2D eigenvalue weighted by Crippen LogP contribution is -2.18. The first-order valence-electron chi connectivity index (χ1n) is 4.09. The van der Waals surface area contributed by atoms with Crippen LogP contribution in [0.2, 0.25) is 0 Å². The Bertz CT molecular complexity index is 165. The minimum absolute atomic E-state index is 0.157. The summed E-state index contributed by atoms with van der Waals surface area (Å²) in [5.41, 5.74) is 0. The zero-order chi connectivity index (χ0) is 8.10. The first-order chi connectivity index (χ1) is 5.30. The van der Waals surface area contributed by atoms with Crippen molar-refractivity contribution in [2.75, 3.05) is 0 Å². The topological polar surface area (TPSA) is 43.1 Å². The third-order valence-corrected chi connectivity index (χ3v) is 2.03. The van der Waals surface area contributed by atoms with E-state index in [1.165, 1.54) is 0 Å². The molecule has 0 heterocycles. The highest BCUT2D eigenvalue weighted by Crippen LogP contribution is 2.13. The van der Waals surface area contributed by atoms with Crippen molar-refractivity contribution in [2.24, 2.45) is 0 Å². The third-order valence-electron chi connectivity index (χ3n) is 2.03. The highest BCUT2D eigenvalue weighted by atomic mass is 16.6. The molecule has 0 aliphatic heterocycles. The molecular weight excluding hydrogens is 142 g/mol. The molecule has 1 rings (SSSR count). The van der Waals surface area contributed by atoms with E-state index in [1.807, 2.05) is 6.08 Å². The maximum Gasteiger partial charge on any atom is 0.216 e. The van der Waals surface area contributed by atoms with Crippen LogP contribution >= 0.6 is 0 Å². The fourth-order valence-electron chi connectivity index (χ4n) is 1.32. The molecule has 1 unspecified atom stereocenters. The summed E-state index contributed by atoms with van der Waals surface area (Å²) < 4.78 is 0. The van der Waals surface area contributed by atoms with Crippen LogP contribution in [0.5, 0.6) is 0 Å². The molecule has 0 bridgehead atoms. The summed E-state index contributed by atoms with van der Waals surface area (Å²) in [4.78, 5) is 10.2. The van der Waals surface area contributed by atoms with Crippen molar-refractivity contribution in [2.45, 2.75) is 38.1 Å². The molecule has 0 fully saturated rings. The van der Waals surface area contributed by atoms with E-state index in [0.717, 1.165) is 25.7 Å². The molecular formula is C8H13NO2. The Morgan fingerprint density at radius 3 is 2.91 bits per heavy atom. The monoisotopic (exact) mass is 155 g/mol. The van der Waals surface area contributed by atoms with Crippen molar-refractivity contribution >= 4 is 0 Å². The Morgan fingerprint density at radius 2 is 2.18 bits per heavy atom. The van der Waals surface area contributed by atoms with E-state index in [1.54, 1.807) is 0 Å². The van der Waals surface area contributed by atoms with Gasteiger partial charge in [0.15, 0.2) is 0 Å². The lowest BCUT2D eigenvalue weighted by Gasteiger charge is -2.08. The van der Waals surface area contributed by atoms with Gasteiger partial charge in [-0.15, -0.1) is 0 Å². The molecule has 1 aliphatic rings. The smallest absolute Gasteiger partial charge is 0.216 e. The molecule has 0 saturated heterocycles. The summed E-state index contributed by atoms with van der Waals surface area (Å²) >= 11 is 0. The van der Waals surface area contributed by atoms with Gasteiger partial charge in [-0.1, -0.05) is 12.2 Å². The summed E-state index contributed by atoms with van der Waals surface area (Å²) in [7, 11) is 0. The van der Waals surface area contributed by atoms with Crippen molar-refractivity contribution in [3.05, 3.63) is 22.3 Å². The number of allylic oxidation sites excluding steroid dienone is 1. The number of rotatable bonds is 1. The van der Waals surface area contributed by atoms with Gasteiger partial charge in [-0.25, -0.2) is 0 Å². The van der Waals surface area contributed by atoms with Gasteiger partial charge in [-0.3, -0.25) is 10.1 Å². The van der Waals surface area contributed by atoms with Crippen LogP contribution in [0.15, 0.2) is 12.2 Å². The molecule has 3 nitrogen and oxygen atoms in total. The van der Waals surface area contributed by atoms with Gasteiger partial charge in [-0.2, -0.15) is 0 Å². The lowest BCUT2D eigenvalue weighted by molar-refractivity contribution is -0.522. The van der Waals surface area contributed by atoms with E-state index < -0.39 is 0 Å². The number of nitro groups is 1. The summed E-state index contributed by atoms with van der Waals surface area (Å²) in [6.07, 6.45) is 8.54. The third kappa shape index (κ3) is 2.70. The van der Waals surface area contributed by atoms with Crippen molar-refractivity contribution in [1.29, 1.82) is 0 Å². The maximum absolute atomic E-state index is 10.4. The second-order valence-electron chi connectivity index (χ2n) is 2.93. The molecule has 0 N–H and O–H groups in total. The normalized spacial score (nSPS) is 25.6. The molecule has 1 atom stereocenters. The van der Waals surface area contributed by atoms with Gasteiger partial charge in [0.25, 0.3) is 0 Å². The van der Waals surface area contributed by atoms with Gasteiger partial charge >= 0.3 is 0 Å². The molecule has 0 radical (unpaired) electrons. The van der Waals surface area contributed by atoms with Crippen LogP contribution in [-0.2, 0) is 0 Å². The van der Waals surface area contributed by atoms with Crippen molar-refractivity contribution < 1.29 is 4.92 Å².